The number of aromatic nitrogens is 1. The molecule has 0 radical (unpaired) electrons. The normalized spacial score (nSPS) is 10.2. The van der Waals surface area contributed by atoms with Gasteiger partial charge in [-0.15, -0.1) is 0 Å². The van der Waals surface area contributed by atoms with Crippen LogP contribution >= 0.6 is 0 Å². The van der Waals surface area contributed by atoms with E-state index in [2.05, 4.69) is 22.5 Å². The lowest BCUT2D eigenvalue weighted by Crippen LogP contribution is -2.12. The van der Waals surface area contributed by atoms with Gasteiger partial charge in [-0.2, -0.15) is 0 Å². The Morgan fingerprint density at radius 2 is 1.91 bits per heavy atom. The molecule has 0 fully saturated rings. The molecule has 0 unspecified atom stereocenters. The molecule has 2 rings (SSSR count). The molecule has 1 amide bonds. The Labute approximate surface area is 137 Å². The molecule has 0 aliphatic carbocycles. The van der Waals surface area contributed by atoms with Gasteiger partial charge < -0.3 is 15.4 Å². The summed E-state index contributed by atoms with van der Waals surface area (Å²) in [6, 6.07) is 10.7. The second-order valence-electron chi connectivity index (χ2n) is 5.25. The predicted octanol–water partition coefficient (Wildman–Crippen LogP) is 3.94. The number of carbonyl (C=O) groups is 1. The van der Waals surface area contributed by atoms with Crippen LogP contribution < -0.4 is 15.4 Å². The molecule has 1 heterocycles. The topological polar surface area (TPSA) is 63.2 Å². The SMILES string of the molecule is CCCCCNc1ccc(NC(=O)c2ccc(OC)cc2)cn1. The Bertz CT molecular complexity index is 609. The number of hydrogen-bond donors (Lipinski definition) is 2. The quantitative estimate of drug-likeness (QED) is 0.724. The van der Waals surface area contributed by atoms with Crippen LogP contribution in [0, 0.1) is 0 Å². The van der Waals surface area contributed by atoms with Gasteiger partial charge in [0.25, 0.3) is 5.91 Å². The summed E-state index contributed by atoms with van der Waals surface area (Å²) in [5.41, 5.74) is 1.25. The van der Waals surface area contributed by atoms with E-state index in [1.165, 1.54) is 12.8 Å². The van der Waals surface area contributed by atoms with Gasteiger partial charge in [-0.05, 0) is 42.8 Å². The van der Waals surface area contributed by atoms with Crippen molar-refractivity contribution < 1.29 is 9.53 Å². The molecule has 23 heavy (non-hydrogen) atoms. The van der Waals surface area contributed by atoms with Crippen LogP contribution in [-0.4, -0.2) is 24.5 Å². The maximum absolute atomic E-state index is 12.1. The van der Waals surface area contributed by atoms with E-state index in [1.54, 1.807) is 37.6 Å². The zero-order valence-electron chi connectivity index (χ0n) is 13.6. The van der Waals surface area contributed by atoms with E-state index in [0.717, 1.165) is 24.5 Å². The summed E-state index contributed by atoms with van der Waals surface area (Å²) >= 11 is 0. The largest absolute Gasteiger partial charge is 0.497 e. The fourth-order valence-electron chi connectivity index (χ4n) is 2.11. The number of benzene rings is 1. The minimum absolute atomic E-state index is 0.168. The van der Waals surface area contributed by atoms with Crippen molar-refractivity contribution in [3.63, 3.8) is 0 Å². The number of nitrogens with zero attached hydrogens (tertiary/aromatic N) is 1. The van der Waals surface area contributed by atoms with Gasteiger partial charge in [0.05, 0.1) is 19.0 Å². The van der Waals surface area contributed by atoms with Crippen molar-refractivity contribution >= 4 is 17.4 Å². The summed E-state index contributed by atoms with van der Waals surface area (Å²) in [5.74, 6) is 1.38. The molecule has 0 spiro atoms. The average Bonchev–Trinajstić information content (AvgIpc) is 2.60. The van der Waals surface area contributed by atoms with E-state index in [0.29, 0.717) is 11.3 Å². The van der Waals surface area contributed by atoms with Gasteiger partial charge in [0.15, 0.2) is 0 Å². The second-order valence-corrected chi connectivity index (χ2v) is 5.25. The summed E-state index contributed by atoms with van der Waals surface area (Å²) in [4.78, 5) is 16.5. The van der Waals surface area contributed by atoms with Crippen LogP contribution in [-0.2, 0) is 0 Å². The molecule has 0 aliphatic rings. The third kappa shape index (κ3) is 5.29. The minimum atomic E-state index is -0.168. The third-order valence-corrected chi connectivity index (χ3v) is 3.46. The lowest BCUT2D eigenvalue weighted by atomic mass is 10.2. The molecule has 5 nitrogen and oxygen atoms in total. The zero-order valence-corrected chi connectivity index (χ0v) is 13.6. The molecule has 0 atom stereocenters. The van der Waals surface area contributed by atoms with E-state index < -0.39 is 0 Å². The molecule has 1 aromatic carbocycles. The smallest absolute Gasteiger partial charge is 0.255 e. The Hall–Kier alpha value is -2.56. The Morgan fingerprint density at radius 3 is 2.52 bits per heavy atom. The maximum atomic E-state index is 12.1. The summed E-state index contributed by atoms with van der Waals surface area (Å²) in [5, 5.41) is 6.10. The van der Waals surface area contributed by atoms with Crippen LogP contribution in [0.15, 0.2) is 42.6 Å². The van der Waals surface area contributed by atoms with E-state index in [1.807, 2.05) is 12.1 Å². The number of hydrogen-bond acceptors (Lipinski definition) is 4. The van der Waals surface area contributed by atoms with Gasteiger partial charge in [-0.25, -0.2) is 4.98 Å². The van der Waals surface area contributed by atoms with Gasteiger partial charge in [-0.1, -0.05) is 19.8 Å². The Balaban J connectivity index is 1.88. The van der Waals surface area contributed by atoms with Gasteiger partial charge in [0.1, 0.15) is 11.6 Å². The molecular weight excluding hydrogens is 290 g/mol. The van der Waals surface area contributed by atoms with Crippen molar-refractivity contribution in [1.29, 1.82) is 0 Å². The Kier molecular flexibility index (Phi) is 6.41. The fraction of sp³-hybridized carbons (Fsp3) is 0.333. The molecule has 2 N–H and O–H groups in total. The first-order valence-electron chi connectivity index (χ1n) is 7.88. The van der Waals surface area contributed by atoms with Crippen molar-refractivity contribution in [2.24, 2.45) is 0 Å². The van der Waals surface area contributed by atoms with Crippen molar-refractivity contribution in [1.82, 2.24) is 4.98 Å². The van der Waals surface area contributed by atoms with Gasteiger partial charge >= 0.3 is 0 Å². The first-order chi connectivity index (χ1) is 11.2. The molecule has 0 saturated heterocycles. The molecule has 0 bridgehead atoms. The number of nitrogens with one attached hydrogen (secondary N) is 2. The van der Waals surface area contributed by atoms with Crippen LogP contribution in [0.3, 0.4) is 0 Å². The van der Waals surface area contributed by atoms with Crippen molar-refractivity contribution in [3.05, 3.63) is 48.2 Å². The zero-order chi connectivity index (χ0) is 16.5. The predicted molar refractivity (Wildman–Crippen MR) is 93.2 cm³/mol. The minimum Gasteiger partial charge on any atom is -0.497 e. The van der Waals surface area contributed by atoms with Gasteiger partial charge in [0, 0.05) is 12.1 Å². The lowest BCUT2D eigenvalue weighted by Gasteiger charge is -2.08. The van der Waals surface area contributed by atoms with Crippen LogP contribution in [0.2, 0.25) is 0 Å². The highest BCUT2D eigenvalue weighted by molar-refractivity contribution is 6.04. The van der Waals surface area contributed by atoms with Crippen molar-refractivity contribution in [3.8, 4) is 5.75 Å². The number of carbonyl (C=O) groups excluding carboxylic acids is 1. The highest BCUT2D eigenvalue weighted by Crippen LogP contribution is 2.14. The number of ether oxygens (including phenoxy) is 1. The van der Waals surface area contributed by atoms with E-state index in [4.69, 9.17) is 4.74 Å². The molecule has 1 aromatic heterocycles. The molecule has 5 heteroatoms. The number of methoxy groups -OCH3 is 1. The van der Waals surface area contributed by atoms with Gasteiger partial charge in [-0.3, -0.25) is 4.79 Å². The molecule has 0 aliphatic heterocycles. The monoisotopic (exact) mass is 313 g/mol. The summed E-state index contributed by atoms with van der Waals surface area (Å²) in [6.07, 6.45) is 5.20. The number of anilines is 2. The summed E-state index contributed by atoms with van der Waals surface area (Å²) < 4.78 is 5.08. The van der Waals surface area contributed by atoms with E-state index in [9.17, 15) is 4.79 Å². The number of unbranched alkanes of at least 4 members (excludes halogenated alkanes) is 2. The maximum Gasteiger partial charge on any atom is 0.255 e. The lowest BCUT2D eigenvalue weighted by molar-refractivity contribution is 0.102. The number of pyridine rings is 1. The highest BCUT2D eigenvalue weighted by atomic mass is 16.5. The molecular formula is C18H23N3O2. The highest BCUT2D eigenvalue weighted by Gasteiger charge is 2.06. The van der Waals surface area contributed by atoms with Crippen LogP contribution in [0.5, 0.6) is 5.75 Å². The van der Waals surface area contributed by atoms with Crippen molar-refractivity contribution in [2.45, 2.75) is 26.2 Å². The van der Waals surface area contributed by atoms with Crippen LogP contribution in [0.25, 0.3) is 0 Å². The molecule has 0 saturated carbocycles. The fourth-order valence-corrected chi connectivity index (χ4v) is 2.11. The standard InChI is InChI=1S/C18H23N3O2/c1-3-4-5-12-19-17-11-8-15(13-20-17)21-18(22)14-6-9-16(23-2)10-7-14/h6-11,13H,3-5,12H2,1-2H3,(H,19,20)(H,21,22). The average molecular weight is 313 g/mol. The van der Waals surface area contributed by atoms with Crippen molar-refractivity contribution in [2.75, 3.05) is 24.3 Å². The van der Waals surface area contributed by atoms with Gasteiger partial charge in [0.2, 0.25) is 0 Å². The second kappa shape index (κ2) is 8.78. The summed E-state index contributed by atoms with van der Waals surface area (Å²) in [6.45, 7) is 3.09. The summed E-state index contributed by atoms with van der Waals surface area (Å²) in [7, 11) is 1.60. The molecule has 2 aromatic rings. The van der Waals surface area contributed by atoms with Crippen LogP contribution in [0.1, 0.15) is 36.5 Å². The number of amides is 1. The molecule has 122 valence electrons. The first-order valence-corrected chi connectivity index (χ1v) is 7.88. The third-order valence-electron chi connectivity index (χ3n) is 3.46. The van der Waals surface area contributed by atoms with Crippen LogP contribution in [0.4, 0.5) is 11.5 Å². The first kappa shape index (κ1) is 16.8. The van der Waals surface area contributed by atoms with E-state index in [-0.39, 0.29) is 5.91 Å². The number of rotatable bonds is 8. The Morgan fingerprint density at radius 1 is 1.13 bits per heavy atom. The van der Waals surface area contributed by atoms with E-state index >= 15 is 0 Å².